The fourth-order valence-electron chi connectivity index (χ4n) is 1.64. The summed E-state index contributed by atoms with van der Waals surface area (Å²) in [7, 11) is 2.12. The first kappa shape index (κ1) is 9.21. The van der Waals surface area contributed by atoms with E-state index < -0.39 is 0 Å². The molecule has 0 atom stereocenters. The second-order valence-electron chi connectivity index (χ2n) is 3.79. The summed E-state index contributed by atoms with van der Waals surface area (Å²) in [6.45, 7) is 3.29. The summed E-state index contributed by atoms with van der Waals surface area (Å²) < 4.78 is 0. The third-order valence-corrected chi connectivity index (χ3v) is 2.38. The first-order valence-corrected chi connectivity index (χ1v) is 4.74. The summed E-state index contributed by atoms with van der Waals surface area (Å²) in [6, 6.07) is 0. The molecule has 0 aliphatic carbocycles. The molecule has 0 saturated carbocycles. The highest BCUT2D eigenvalue weighted by atomic mass is 15.2. The molecule has 1 aliphatic rings. The van der Waals surface area contributed by atoms with Crippen LogP contribution in [0.2, 0.25) is 0 Å². The summed E-state index contributed by atoms with van der Waals surface area (Å²) in [5.74, 6) is 1.99. The highest BCUT2D eigenvalue weighted by Crippen LogP contribution is 2.13. The van der Waals surface area contributed by atoms with Crippen molar-refractivity contribution in [2.75, 3.05) is 37.7 Å². The van der Waals surface area contributed by atoms with E-state index in [2.05, 4.69) is 27.2 Å². The van der Waals surface area contributed by atoms with Crippen LogP contribution >= 0.6 is 0 Å². The van der Waals surface area contributed by atoms with Gasteiger partial charge in [0.05, 0.1) is 12.4 Å². The van der Waals surface area contributed by atoms with Gasteiger partial charge < -0.3 is 16.0 Å². The van der Waals surface area contributed by atoms with E-state index >= 15 is 0 Å². The molecular weight excluding hydrogens is 178 g/mol. The fraction of sp³-hybridized carbons (Fsp3) is 0.556. The zero-order valence-corrected chi connectivity index (χ0v) is 8.27. The molecule has 76 valence electrons. The van der Waals surface area contributed by atoms with Crippen molar-refractivity contribution in [1.82, 2.24) is 14.9 Å². The summed E-state index contributed by atoms with van der Waals surface area (Å²) in [5, 5.41) is 3.24. The molecule has 5 heteroatoms. The highest BCUT2D eigenvalue weighted by Gasteiger charge is 2.22. The van der Waals surface area contributed by atoms with Crippen LogP contribution in [0, 0.1) is 5.92 Å². The van der Waals surface area contributed by atoms with E-state index in [0.29, 0.717) is 5.82 Å². The Hall–Kier alpha value is -1.36. The molecule has 0 spiro atoms. The Morgan fingerprint density at radius 1 is 1.50 bits per heavy atom. The monoisotopic (exact) mass is 193 g/mol. The lowest BCUT2D eigenvalue weighted by atomic mass is 10.0. The van der Waals surface area contributed by atoms with Crippen LogP contribution in [0.4, 0.5) is 11.6 Å². The van der Waals surface area contributed by atoms with Crippen LogP contribution in [0.3, 0.4) is 0 Å². The number of hydrogen-bond acceptors (Lipinski definition) is 5. The van der Waals surface area contributed by atoms with Crippen LogP contribution in [0.5, 0.6) is 0 Å². The molecule has 1 aliphatic heterocycles. The van der Waals surface area contributed by atoms with Crippen LogP contribution in [-0.4, -0.2) is 41.5 Å². The first-order valence-electron chi connectivity index (χ1n) is 4.74. The fourth-order valence-corrected chi connectivity index (χ4v) is 1.64. The zero-order valence-electron chi connectivity index (χ0n) is 8.27. The van der Waals surface area contributed by atoms with Gasteiger partial charge in [-0.2, -0.15) is 0 Å². The van der Waals surface area contributed by atoms with Gasteiger partial charge in [0.25, 0.3) is 0 Å². The maximum Gasteiger partial charge on any atom is 0.144 e. The largest absolute Gasteiger partial charge is 0.382 e. The molecule has 0 bridgehead atoms. The lowest BCUT2D eigenvalue weighted by Gasteiger charge is -2.36. The van der Waals surface area contributed by atoms with Gasteiger partial charge in [-0.05, 0) is 7.05 Å². The molecule has 1 aromatic rings. The standard InChI is InChI=1S/C9H15N5/c1-14-5-7(6-14)2-12-9-4-11-8(10)3-13-9/h3-4,7H,2,5-6H2,1H3,(H2,10,11)(H,12,13). The molecule has 3 N–H and O–H groups in total. The second-order valence-corrected chi connectivity index (χ2v) is 3.79. The maximum absolute atomic E-state index is 5.43. The minimum Gasteiger partial charge on any atom is -0.382 e. The average Bonchev–Trinajstić information content (AvgIpc) is 2.13. The molecule has 0 radical (unpaired) electrons. The van der Waals surface area contributed by atoms with Crippen molar-refractivity contribution in [2.24, 2.45) is 5.92 Å². The molecule has 0 unspecified atom stereocenters. The smallest absolute Gasteiger partial charge is 0.144 e. The Labute approximate surface area is 83.3 Å². The van der Waals surface area contributed by atoms with Crippen LogP contribution in [0.25, 0.3) is 0 Å². The van der Waals surface area contributed by atoms with Crippen molar-refractivity contribution in [3.8, 4) is 0 Å². The Balaban J connectivity index is 1.78. The van der Waals surface area contributed by atoms with Crippen molar-refractivity contribution < 1.29 is 0 Å². The van der Waals surface area contributed by atoms with E-state index in [9.17, 15) is 0 Å². The number of likely N-dealkylation sites (tertiary alicyclic amines) is 1. The van der Waals surface area contributed by atoms with Gasteiger partial charge in [0.1, 0.15) is 11.6 Å². The molecule has 1 saturated heterocycles. The van der Waals surface area contributed by atoms with E-state index in [1.165, 1.54) is 0 Å². The third kappa shape index (κ3) is 2.11. The SMILES string of the molecule is CN1CC(CNc2cnc(N)cn2)C1. The molecule has 1 aromatic heterocycles. The first-order chi connectivity index (χ1) is 6.74. The Morgan fingerprint density at radius 3 is 2.86 bits per heavy atom. The number of nitrogen functional groups attached to an aromatic ring is 1. The lowest BCUT2D eigenvalue weighted by Crippen LogP contribution is -2.46. The van der Waals surface area contributed by atoms with Gasteiger partial charge in [-0.25, -0.2) is 9.97 Å². The van der Waals surface area contributed by atoms with E-state index in [1.54, 1.807) is 12.4 Å². The maximum atomic E-state index is 5.43. The number of rotatable bonds is 3. The molecule has 2 heterocycles. The minimum absolute atomic E-state index is 0.457. The number of nitrogens with two attached hydrogens (primary N) is 1. The Kier molecular flexibility index (Phi) is 2.49. The van der Waals surface area contributed by atoms with E-state index in [0.717, 1.165) is 31.4 Å². The van der Waals surface area contributed by atoms with Gasteiger partial charge in [0.15, 0.2) is 0 Å². The minimum atomic E-state index is 0.457. The van der Waals surface area contributed by atoms with Crippen molar-refractivity contribution in [2.45, 2.75) is 0 Å². The van der Waals surface area contributed by atoms with E-state index in [4.69, 9.17) is 5.73 Å². The zero-order chi connectivity index (χ0) is 9.97. The summed E-state index contributed by atoms with van der Waals surface area (Å²) in [6.07, 6.45) is 3.23. The number of nitrogens with zero attached hydrogens (tertiary/aromatic N) is 3. The van der Waals surface area contributed by atoms with Gasteiger partial charge >= 0.3 is 0 Å². The molecule has 14 heavy (non-hydrogen) atoms. The second kappa shape index (κ2) is 3.79. The van der Waals surface area contributed by atoms with Crippen molar-refractivity contribution in [3.05, 3.63) is 12.4 Å². The molecule has 2 rings (SSSR count). The van der Waals surface area contributed by atoms with E-state index in [-0.39, 0.29) is 0 Å². The number of nitrogens with one attached hydrogen (secondary N) is 1. The normalized spacial score (nSPS) is 17.8. The van der Waals surface area contributed by atoms with Gasteiger partial charge in [-0.1, -0.05) is 0 Å². The summed E-state index contributed by atoms with van der Waals surface area (Å²) in [4.78, 5) is 10.4. The summed E-state index contributed by atoms with van der Waals surface area (Å²) in [5.41, 5.74) is 5.43. The van der Waals surface area contributed by atoms with Crippen molar-refractivity contribution >= 4 is 11.6 Å². The summed E-state index contributed by atoms with van der Waals surface area (Å²) >= 11 is 0. The van der Waals surface area contributed by atoms with Crippen LogP contribution < -0.4 is 11.1 Å². The van der Waals surface area contributed by atoms with Gasteiger partial charge in [-0.15, -0.1) is 0 Å². The van der Waals surface area contributed by atoms with Crippen molar-refractivity contribution in [1.29, 1.82) is 0 Å². The topological polar surface area (TPSA) is 67.1 Å². The number of anilines is 2. The quantitative estimate of drug-likeness (QED) is 0.709. The Morgan fingerprint density at radius 2 is 2.29 bits per heavy atom. The molecule has 0 amide bonds. The molecular formula is C9H15N5. The van der Waals surface area contributed by atoms with Crippen LogP contribution in [0.1, 0.15) is 0 Å². The molecule has 1 fully saturated rings. The molecule has 5 nitrogen and oxygen atoms in total. The van der Waals surface area contributed by atoms with E-state index in [1.807, 2.05) is 0 Å². The van der Waals surface area contributed by atoms with Crippen LogP contribution in [0.15, 0.2) is 12.4 Å². The molecule has 0 aromatic carbocycles. The highest BCUT2D eigenvalue weighted by molar-refractivity contribution is 5.35. The predicted molar refractivity (Wildman–Crippen MR) is 55.9 cm³/mol. The third-order valence-electron chi connectivity index (χ3n) is 2.38. The van der Waals surface area contributed by atoms with Crippen LogP contribution in [-0.2, 0) is 0 Å². The predicted octanol–water partition coefficient (Wildman–Crippen LogP) is 0.0323. The van der Waals surface area contributed by atoms with Gasteiger partial charge in [0.2, 0.25) is 0 Å². The van der Waals surface area contributed by atoms with Gasteiger partial charge in [-0.3, -0.25) is 0 Å². The number of hydrogen-bond donors (Lipinski definition) is 2. The number of aromatic nitrogens is 2. The average molecular weight is 193 g/mol. The lowest BCUT2D eigenvalue weighted by molar-refractivity contribution is 0.144. The van der Waals surface area contributed by atoms with Crippen molar-refractivity contribution in [3.63, 3.8) is 0 Å². The van der Waals surface area contributed by atoms with Gasteiger partial charge in [0, 0.05) is 25.6 Å². The Bertz CT molecular complexity index is 291.